The van der Waals surface area contributed by atoms with E-state index < -0.39 is 5.60 Å². The quantitative estimate of drug-likeness (QED) is 0.216. The predicted octanol–water partition coefficient (Wildman–Crippen LogP) is 8.01. The summed E-state index contributed by atoms with van der Waals surface area (Å²) in [7, 11) is 1.70. The lowest BCUT2D eigenvalue weighted by Crippen LogP contribution is -2.17. The monoisotopic (exact) mass is 569 g/mol. The van der Waals surface area contributed by atoms with Gasteiger partial charge in [-0.3, -0.25) is 4.79 Å². The molecule has 1 fully saturated rings. The fraction of sp³-hybridized carbons (Fsp3) is 0.353. The molecule has 42 heavy (non-hydrogen) atoms. The maximum Gasteiger partial charge on any atom is 0.261 e. The number of aliphatic hydroxyl groups is 1. The van der Waals surface area contributed by atoms with Crippen molar-refractivity contribution in [1.82, 2.24) is 14.5 Å². The number of halogens is 1. The van der Waals surface area contributed by atoms with Gasteiger partial charge in [0, 0.05) is 30.3 Å². The summed E-state index contributed by atoms with van der Waals surface area (Å²) in [5.74, 6) is 2.58. The minimum absolute atomic E-state index is 0.192. The number of imidazole rings is 1. The second-order valence-electron chi connectivity index (χ2n) is 12.1. The third kappa shape index (κ3) is 5.15. The standard InChI is InChI=1S/C34H36FN3O4/c1-19-13-23(35)14-20(2)30(19)41-28-12-11-22(34(3,4)40)15-24(28)26-18-38(5)33(39)25-16-29(42-31(25)26)27-17-36-32(37-27)21-9-7-6-8-10-21/h11-18,21,40H,6-10H2,1-5H3,(H,36,37). The average Bonchev–Trinajstić information content (AvgIpc) is 3.61. The molecule has 0 saturated heterocycles. The normalized spacial score (nSPS) is 14.5. The highest BCUT2D eigenvalue weighted by molar-refractivity contribution is 5.95. The van der Waals surface area contributed by atoms with Gasteiger partial charge in [-0.1, -0.05) is 25.3 Å². The first-order chi connectivity index (χ1) is 20.0. The van der Waals surface area contributed by atoms with Crippen LogP contribution in [0.1, 0.15) is 74.4 Å². The van der Waals surface area contributed by atoms with E-state index in [-0.39, 0.29) is 11.4 Å². The van der Waals surface area contributed by atoms with Crippen molar-refractivity contribution in [1.29, 1.82) is 0 Å². The van der Waals surface area contributed by atoms with E-state index in [1.165, 1.54) is 36.0 Å². The molecule has 0 atom stereocenters. The van der Waals surface area contributed by atoms with E-state index in [0.717, 1.165) is 24.4 Å². The summed E-state index contributed by atoms with van der Waals surface area (Å²) >= 11 is 0. The van der Waals surface area contributed by atoms with Crippen LogP contribution in [0, 0.1) is 19.7 Å². The van der Waals surface area contributed by atoms with Crippen LogP contribution in [0.15, 0.2) is 58.0 Å². The number of nitrogens with one attached hydrogen (secondary N) is 1. The third-order valence-corrected chi connectivity index (χ3v) is 8.32. The second-order valence-corrected chi connectivity index (χ2v) is 12.1. The van der Waals surface area contributed by atoms with Crippen molar-refractivity contribution >= 4 is 11.0 Å². The molecule has 0 amide bonds. The highest BCUT2D eigenvalue weighted by atomic mass is 19.1. The van der Waals surface area contributed by atoms with Crippen LogP contribution in [-0.2, 0) is 12.6 Å². The smallest absolute Gasteiger partial charge is 0.261 e. The van der Waals surface area contributed by atoms with Gasteiger partial charge in [-0.05, 0) is 87.6 Å². The van der Waals surface area contributed by atoms with E-state index in [2.05, 4.69) is 9.97 Å². The number of benzene rings is 2. The number of rotatable bonds is 6. The zero-order chi connectivity index (χ0) is 29.8. The molecule has 0 aliphatic heterocycles. The Balaban J connectivity index is 1.51. The Bertz CT molecular complexity index is 1830. The second kappa shape index (κ2) is 10.6. The van der Waals surface area contributed by atoms with Crippen LogP contribution in [0.25, 0.3) is 33.6 Å². The van der Waals surface area contributed by atoms with E-state index in [9.17, 15) is 14.3 Å². The number of ether oxygens (including phenoxy) is 1. The van der Waals surface area contributed by atoms with Crippen molar-refractivity contribution in [2.24, 2.45) is 7.05 Å². The van der Waals surface area contributed by atoms with Crippen LogP contribution < -0.4 is 10.3 Å². The largest absolute Gasteiger partial charge is 0.456 e. The topological polar surface area (TPSA) is 93.3 Å². The molecule has 0 unspecified atom stereocenters. The lowest BCUT2D eigenvalue weighted by Gasteiger charge is -2.21. The van der Waals surface area contributed by atoms with Gasteiger partial charge in [-0.2, -0.15) is 0 Å². The maximum absolute atomic E-state index is 14.0. The number of fused-ring (bicyclic) bond motifs is 1. The van der Waals surface area contributed by atoms with Gasteiger partial charge in [0.05, 0.1) is 17.2 Å². The van der Waals surface area contributed by atoms with Crippen molar-refractivity contribution in [2.45, 2.75) is 71.3 Å². The van der Waals surface area contributed by atoms with E-state index >= 15 is 0 Å². The van der Waals surface area contributed by atoms with Crippen LogP contribution in [0.2, 0.25) is 0 Å². The number of aromatic amines is 1. The third-order valence-electron chi connectivity index (χ3n) is 8.32. The molecule has 2 N–H and O–H groups in total. The molecule has 3 heterocycles. The molecule has 6 rings (SSSR count). The van der Waals surface area contributed by atoms with Gasteiger partial charge in [0.2, 0.25) is 0 Å². The number of hydrogen-bond donors (Lipinski definition) is 2. The van der Waals surface area contributed by atoms with Crippen LogP contribution in [0.3, 0.4) is 0 Å². The molecule has 5 aromatic rings. The molecular weight excluding hydrogens is 533 g/mol. The highest BCUT2D eigenvalue weighted by Gasteiger charge is 2.25. The lowest BCUT2D eigenvalue weighted by atomic mass is 9.89. The van der Waals surface area contributed by atoms with Gasteiger partial charge >= 0.3 is 0 Å². The molecule has 7 nitrogen and oxygen atoms in total. The summed E-state index contributed by atoms with van der Waals surface area (Å²) in [6.07, 6.45) is 9.40. The van der Waals surface area contributed by atoms with Crippen molar-refractivity contribution in [3.05, 3.63) is 87.5 Å². The zero-order valence-electron chi connectivity index (χ0n) is 24.7. The molecule has 0 radical (unpaired) electrons. The summed E-state index contributed by atoms with van der Waals surface area (Å²) in [4.78, 5) is 21.4. The van der Waals surface area contributed by atoms with Gasteiger partial charge < -0.3 is 23.8 Å². The number of aryl methyl sites for hydroxylation is 3. The Kier molecular flexibility index (Phi) is 7.05. The number of pyridine rings is 1. The summed E-state index contributed by atoms with van der Waals surface area (Å²) in [5.41, 5.74) is 3.04. The Morgan fingerprint density at radius 2 is 1.79 bits per heavy atom. The summed E-state index contributed by atoms with van der Waals surface area (Å²) < 4.78 is 28.4. The van der Waals surface area contributed by atoms with Gasteiger partial charge in [0.15, 0.2) is 5.76 Å². The van der Waals surface area contributed by atoms with Crippen molar-refractivity contribution in [3.8, 4) is 34.1 Å². The Morgan fingerprint density at radius 3 is 2.48 bits per heavy atom. The summed E-state index contributed by atoms with van der Waals surface area (Å²) in [5, 5.41) is 11.3. The molecule has 0 bridgehead atoms. The minimum Gasteiger partial charge on any atom is -0.456 e. The van der Waals surface area contributed by atoms with Crippen LogP contribution in [0.5, 0.6) is 11.5 Å². The fourth-order valence-corrected chi connectivity index (χ4v) is 6.00. The van der Waals surface area contributed by atoms with Crippen molar-refractivity contribution in [3.63, 3.8) is 0 Å². The van der Waals surface area contributed by atoms with E-state index in [1.807, 2.05) is 6.07 Å². The average molecular weight is 570 g/mol. The van der Waals surface area contributed by atoms with Gasteiger partial charge in [-0.15, -0.1) is 0 Å². The van der Waals surface area contributed by atoms with Crippen LogP contribution in [-0.4, -0.2) is 19.6 Å². The molecule has 1 aliphatic rings. The number of furan rings is 1. The molecule has 218 valence electrons. The van der Waals surface area contributed by atoms with E-state index in [0.29, 0.717) is 62.0 Å². The molecule has 1 saturated carbocycles. The predicted molar refractivity (Wildman–Crippen MR) is 161 cm³/mol. The lowest BCUT2D eigenvalue weighted by molar-refractivity contribution is 0.0786. The molecule has 3 aromatic heterocycles. The number of nitrogens with zero attached hydrogens (tertiary/aromatic N) is 2. The van der Waals surface area contributed by atoms with Gasteiger partial charge in [0.1, 0.15) is 34.4 Å². The van der Waals surface area contributed by atoms with Crippen molar-refractivity contribution < 1.29 is 18.7 Å². The summed E-state index contributed by atoms with van der Waals surface area (Å²) in [6.45, 7) is 7.02. The molecular formula is C34H36FN3O4. The SMILES string of the molecule is Cc1cc(F)cc(C)c1Oc1ccc(C(C)(C)O)cc1-c1cn(C)c(=O)c2cc(-c3cnc(C4CCCCC4)[nH]3)oc12. The fourth-order valence-electron chi connectivity index (χ4n) is 6.00. The number of aromatic nitrogens is 3. The first-order valence-corrected chi connectivity index (χ1v) is 14.5. The Morgan fingerprint density at radius 1 is 1.07 bits per heavy atom. The molecule has 8 heteroatoms. The van der Waals surface area contributed by atoms with Crippen LogP contribution >= 0.6 is 0 Å². The zero-order valence-corrected chi connectivity index (χ0v) is 24.7. The molecule has 2 aromatic carbocycles. The summed E-state index contributed by atoms with van der Waals surface area (Å²) in [6, 6.07) is 10.1. The van der Waals surface area contributed by atoms with E-state index in [1.54, 1.807) is 65.3 Å². The minimum atomic E-state index is -1.13. The first-order valence-electron chi connectivity index (χ1n) is 14.5. The molecule has 0 spiro atoms. The Hall–Kier alpha value is -4.17. The van der Waals surface area contributed by atoms with E-state index in [4.69, 9.17) is 9.15 Å². The highest BCUT2D eigenvalue weighted by Crippen LogP contribution is 2.42. The Labute approximate surface area is 244 Å². The maximum atomic E-state index is 14.0. The van der Waals surface area contributed by atoms with Gasteiger partial charge in [0.25, 0.3) is 5.56 Å². The first kappa shape index (κ1) is 28.0. The van der Waals surface area contributed by atoms with Crippen LogP contribution in [0.4, 0.5) is 4.39 Å². The number of hydrogen-bond acceptors (Lipinski definition) is 5. The van der Waals surface area contributed by atoms with Gasteiger partial charge in [-0.25, -0.2) is 9.37 Å². The molecule has 1 aliphatic carbocycles. The number of H-pyrrole nitrogens is 1. The van der Waals surface area contributed by atoms with Crippen molar-refractivity contribution in [2.75, 3.05) is 0 Å².